The third-order valence-corrected chi connectivity index (χ3v) is 3.55. The molecule has 2 aromatic carbocycles. The first kappa shape index (κ1) is 17.1. The molecule has 0 N–H and O–H groups in total. The van der Waals surface area contributed by atoms with E-state index in [1.165, 1.54) is 31.4 Å². The summed E-state index contributed by atoms with van der Waals surface area (Å²) < 4.78 is 4.59. The Morgan fingerprint density at radius 1 is 0.958 bits per heavy atom. The minimum absolute atomic E-state index is 0.207. The summed E-state index contributed by atoms with van der Waals surface area (Å²) in [6, 6.07) is 16.2. The molecule has 0 amide bonds. The number of ketones is 2. The third kappa shape index (κ3) is 3.93. The number of nitriles is 1. The molecule has 0 saturated heterocycles. The monoisotopic (exact) mass is 321 g/mol. The summed E-state index contributed by atoms with van der Waals surface area (Å²) >= 11 is 0. The van der Waals surface area contributed by atoms with E-state index in [2.05, 4.69) is 4.74 Å². The number of esters is 1. The Balaban J connectivity index is 2.11. The van der Waals surface area contributed by atoms with Gasteiger partial charge >= 0.3 is 5.97 Å². The first-order chi connectivity index (χ1) is 11.6. The Morgan fingerprint density at radius 2 is 1.54 bits per heavy atom. The SMILES string of the molecule is COC(=O)c1ccc(C(=O)CC(C#N)C(=O)c2ccccc2)cc1. The highest BCUT2D eigenvalue weighted by Gasteiger charge is 2.23. The van der Waals surface area contributed by atoms with E-state index in [1.807, 2.05) is 6.07 Å². The van der Waals surface area contributed by atoms with Gasteiger partial charge in [-0.1, -0.05) is 42.5 Å². The zero-order valence-corrected chi connectivity index (χ0v) is 13.1. The van der Waals surface area contributed by atoms with Gasteiger partial charge < -0.3 is 4.74 Å². The second-order valence-corrected chi connectivity index (χ2v) is 5.11. The Morgan fingerprint density at radius 3 is 2.08 bits per heavy atom. The average Bonchev–Trinajstić information content (AvgIpc) is 2.65. The lowest BCUT2D eigenvalue weighted by molar-refractivity contribution is 0.0600. The van der Waals surface area contributed by atoms with E-state index in [4.69, 9.17) is 0 Å². The highest BCUT2D eigenvalue weighted by atomic mass is 16.5. The van der Waals surface area contributed by atoms with Gasteiger partial charge in [-0.2, -0.15) is 5.26 Å². The number of ether oxygens (including phenoxy) is 1. The van der Waals surface area contributed by atoms with Crippen LogP contribution in [-0.4, -0.2) is 24.6 Å². The van der Waals surface area contributed by atoms with Crippen LogP contribution in [0.3, 0.4) is 0 Å². The van der Waals surface area contributed by atoms with E-state index in [-0.39, 0.29) is 18.0 Å². The van der Waals surface area contributed by atoms with Crippen molar-refractivity contribution in [3.63, 3.8) is 0 Å². The molecule has 0 bridgehead atoms. The summed E-state index contributed by atoms with van der Waals surface area (Å²) in [7, 11) is 1.27. The van der Waals surface area contributed by atoms with Crippen LogP contribution in [0.4, 0.5) is 0 Å². The molecule has 0 heterocycles. The lowest BCUT2D eigenvalue weighted by Crippen LogP contribution is -2.17. The van der Waals surface area contributed by atoms with Gasteiger partial charge in [0.25, 0.3) is 0 Å². The molecule has 0 aliphatic heterocycles. The Kier molecular flexibility index (Phi) is 5.58. The standard InChI is InChI=1S/C19H15NO4/c1-24-19(23)15-9-7-13(8-10-15)17(21)11-16(12-20)18(22)14-5-3-2-4-6-14/h2-10,16H,11H2,1H3. The van der Waals surface area contributed by atoms with Crippen LogP contribution in [-0.2, 0) is 4.74 Å². The lowest BCUT2D eigenvalue weighted by atomic mass is 9.92. The van der Waals surface area contributed by atoms with Crippen molar-refractivity contribution < 1.29 is 19.1 Å². The molecule has 2 aromatic rings. The molecule has 2 rings (SSSR count). The summed E-state index contributed by atoms with van der Waals surface area (Å²) in [5, 5.41) is 9.22. The van der Waals surface area contributed by atoms with Gasteiger partial charge in [0, 0.05) is 17.5 Å². The van der Waals surface area contributed by atoms with Crippen LogP contribution in [0.1, 0.15) is 37.5 Å². The Hall–Kier alpha value is -3.26. The number of benzene rings is 2. The van der Waals surface area contributed by atoms with Crippen LogP contribution in [0, 0.1) is 17.2 Å². The average molecular weight is 321 g/mol. The summed E-state index contributed by atoms with van der Waals surface area (Å²) in [4.78, 5) is 35.9. The van der Waals surface area contributed by atoms with E-state index < -0.39 is 11.9 Å². The van der Waals surface area contributed by atoms with Crippen LogP contribution in [0.5, 0.6) is 0 Å². The van der Waals surface area contributed by atoms with Crippen LogP contribution < -0.4 is 0 Å². The van der Waals surface area contributed by atoms with Gasteiger partial charge in [-0.3, -0.25) is 9.59 Å². The zero-order valence-electron chi connectivity index (χ0n) is 13.1. The zero-order chi connectivity index (χ0) is 17.5. The number of methoxy groups -OCH3 is 1. The highest BCUT2D eigenvalue weighted by molar-refractivity contribution is 6.05. The van der Waals surface area contributed by atoms with E-state index in [0.717, 1.165) is 0 Å². The number of nitrogens with zero attached hydrogens (tertiary/aromatic N) is 1. The smallest absolute Gasteiger partial charge is 0.337 e. The molecule has 0 spiro atoms. The maximum Gasteiger partial charge on any atom is 0.337 e. The summed E-state index contributed by atoms with van der Waals surface area (Å²) in [5.41, 5.74) is 1.06. The molecule has 0 aliphatic carbocycles. The number of carbonyl (C=O) groups excluding carboxylic acids is 3. The van der Waals surface area contributed by atoms with Crippen LogP contribution in [0.2, 0.25) is 0 Å². The molecule has 5 heteroatoms. The molecule has 5 nitrogen and oxygen atoms in total. The molecular formula is C19H15NO4. The van der Waals surface area contributed by atoms with Gasteiger partial charge in [-0.25, -0.2) is 4.79 Å². The second-order valence-electron chi connectivity index (χ2n) is 5.11. The van der Waals surface area contributed by atoms with Gasteiger partial charge in [0.1, 0.15) is 5.92 Å². The third-order valence-electron chi connectivity index (χ3n) is 3.55. The van der Waals surface area contributed by atoms with Crippen molar-refractivity contribution in [3.05, 3.63) is 71.3 Å². The molecule has 0 aliphatic rings. The molecular weight excluding hydrogens is 306 g/mol. The van der Waals surface area contributed by atoms with Crippen LogP contribution in [0.25, 0.3) is 0 Å². The molecule has 0 aromatic heterocycles. The Bertz CT molecular complexity index is 788. The maximum atomic E-state index is 12.3. The molecule has 0 fully saturated rings. The minimum Gasteiger partial charge on any atom is -0.465 e. The normalized spacial score (nSPS) is 11.2. The van der Waals surface area contributed by atoms with Crippen molar-refractivity contribution >= 4 is 17.5 Å². The minimum atomic E-state index is -1.04. The van der Waals surface area contributed by atoms with Gasteiger partial charge in [-0.05, 0) is 12.1 Å². The second kappa shape index (κ2) is 7.84. The first-order valence-electron chi connectivity index (χ1n) is 7.27. The quantitative estimate of drug-likeness (QED) is 0.603. The number of hydrogen-bond acceptors (Lipinski definition) is 5. The fraction of sp³-hybridized carbons (Fsp3) is 0.158. The molecule has 1 atom stereocenters. The summed E-state index contributed by atoms with van der Waals surface area (Å²) in [6.45, 7) is 0. The van der Waals surface area contributed by atoms with E-state index in [0.29, 0.717) is 16.7 Å². The van der Waals surface area contributed by atoms with Crippen molar-refractivity contribution in [2.75, 3.05) is 7.11 Å². The summed E-state index contributed by atoms with van der Waals surface area (Å²) in [6.07, 6.45) is -0.207. The topological polar surface area (TPSA) is 84.2 Å². The van der Waals surface area contributed by atoms with Gasteiger partial charge in [0.15, 0.2) is 11.6 Å². The number of rotatable bonds is 6. The van der Waals surface area contributed by atoms with Gasteiger partial charge in [-0.15, -0.1) is 0 Å². The number of carbonyl (C=O) groups is 3. The van der Waals surface area contributed by atoms with Gasteiger partial charge in [0.2, 0.25) is 0 Å². The molecule has 1 unspecified atom stereocenters. The number of Topliss-reactive ketones (excluding diaryl/α,β-unsaturated/α-hetero) is 2. The van der Waals surface area contributed by atoms with Crippen molar-refractivity contribution in [3.8, 4) is 6.07 Å². The molecule has 0 radical (unpaired) electrons. The predicted octanol–water partition coefficient (Wildman–Crippen LogP) is 3.07. The first-order valence-corrected chi connectivity index (χ1v) is 7.27. The molecule has 120 valence electrons. The van der Waals surface area contributed by atoms with E-state index in [1.54, 1.807) is 30.3 Å². The predicted molar refractivity (Wildman–Crippen MR) is 86.6 cm³/mol. The van der Waals surface area contributed by atoms with E-state index in [9.17, 15) is 19.6 Å². The number of hydrogen-bond donors (Lipinski definition) is 0. The highest BCUT2D eigenvalue weighted by Crippen LogP contribution is 2.16. The molecule has 0 saturated carbocycles. The maximum absolute atomic E-state index is 12.3. The Labute approximate surface area is 139 Å². The fourth-order valence-corrected chi connectivity index (χ4v) is 2.21. The van der Waals surface area contributed by atoms with Crippen molar-refractivity contribution in [2.45, 2.75) is 6.42 Å². The summed E-state index contributed by atoms with van der Waals surface area (Å²) in [5.74, 6) is -2.25. The van der Waals surface area contributed by atoms with Crippen molar-refractivity contribution in [1.29, 1.82) is 5.26 Å². The van der Waals surface area contributed by atoms with Crippen molar-refractivity contribution in [1.82, 2.24) is 0 Å². The fourth-order valence-electron chi connectivity index (χ4n) is 2.21. The van der Waals surface area contributed by atoms with Crippen LogP contribution >= 0.6 is 0 Å². The van der Waals surface area contributed by atoms with Crippen LogP contribution in [0.15, 0.2) is 54.6 Å². The van der Waals surface area contributed by atoms with Crippen molar-refractivity contribution in [2.24, 2.45) is 5.92 Å². The van der Waals surface area contributed by atoms with Gasteiger partial charge in [0.05, 0.1) is 18.7 Å². The lowest BCUT2D eigenvalue weighted by Gasteiger charge is -2.08. The van der Waals surface area contributed by atoms with E-state index >= 15 is 0 Å². The largest absolute Gasteiger partial charge is 0.465 e. The molecule has 24 heavy (non-hydrogen) atoms.